The van der Waals surface area contributed by atoms with Crippen molar-refractivity contribution in [2.45, 2.75) is 44.8 Å². The number of hydrogen-bond donors (Lipinski definition) is 2. The molecule has 1 aromatic rings. The Morgan fingerprint density at radius 3 is 2.89 bits per heavy atom. The third-order valence-corrected chi connectivity index (χ3v) is 5.07. The number of likely N-dealkylation sites (N-methyl/N-ethyl adjacent to an activating group) is 1. The summed E-state index contributed by atoms with van der Waals surface area (Å²) in [6.45, 7) is 4.15. The zero-order chi connectivity index (χ0) is 14.0. The third kappa shape index (κ3) is 3.04. The van der Waals surface area contributed by atoms with Crippen molar-refractivity contribution in [3.05, 3.63) is 21.9 Å². The molecule has 0 radical (unpaired) electrons. The number of nitrogens with one attached hydrogen (secondary N) is 2. The number of carbonyl (C=O) groups is 1. The van der Waals surface area contributed by atoms with Crippen LogP contribution < -0.4 is 5.32 Å². The Hall–Kier alpha value is -1.20. The molecule has 1 saturated heterocycles. The molecule has 1 amide bonds. The molecule has 0 aromatic carbocycles. The van der Waals surface area contributed by atoms with Crippen LogP contribution in [0.2, 0.25) is 0 Å². The van der Waals surface area contributed by atoms with Crippen molar-refractivity contribution in [2.75, 3.05) is 7.05 Å². The van der Waals surface area contributed by atoms with Gasteiger partial charge in [0.2, 0.25) is 5.91 Å². The lowest BCUT2D eigenvalue weighted by Gasteiger charge is -2.24. The van der Waals surface area contributed by atoms with E-state index < -0.39 is 0 Å². The molecule has 2 heterocycles. The van der Waals surface area contributed by atoms with Gasteiger partial charge >= 0.3 is 0 Å². The van der Waals surface area contributed by atoms with Crippen LogP contribution in [0.5, 0.6) is 0 Å². The first-order chi connectivity index (χ1) is 9.02. The number of rotatable bonds is 4. The lowest BCUT2D eigenvalue weighted by atomic mass is 10.1. The van der Waals surface area contributed by atoms with E-state index in [0.717, 1.165) is 23.3 Å². The van der Waals surface area contributed by atoms with E-state index in [1.165, 1.54) is 6.21 Å². The van der Waals surface area contributed by atoms with Gasteiger partial charge in [-0.05, 0) is 45.2 Å². The highest BCUT2D eigenvalue weighted by Gasteiger charge is 2.33. The minimum absolute atomic E-state index is 0.000352. The van der Waals surface area contributed by atoms with E-state index in [1.807, 2.05) is 25.4 Å². The molecule has 0 aliphatic carbocycles. The fraction of sp³-hybridized carbons (Fsp3) is 0.571. The largest absolute Gasteiger partial charge is 0.347 e. The fourth-order valence-electron chi connectivity index (χ4n) is 2.48. The van der Waals surface area contributed by atoms with E-state index in [0.29, 0.717) is 6.04 Å². The monoisotopic (exact) mass is 279 g/mol. The zero-order valence-corrected chi connectivity index (χ0v) is 12.5. The smallest absolute Gasteiger partial charge is 0.237 e. The van der Waals surface area contributed by atoms with Crippen LogP contribution in [0.15, 0.2) is 11.4 Å². The molecule has 3 atom stereocenters. The molecule has 19 heavy (non-hydrogen) atoms. The molecule has 0 bridgehead atoms. The average Bonchev–Trinajstić information content (AvgIpc) is 2.98. The number of hydrogen-bond acceptors (Lipinski definition) is 4. The summed E-state index contributed by atoms with van der Waals surface area (Å²) in [5.41, 5.74) is 0.896. The van der Waals surface area contributed by atoms with Gasteiger partial charge in [-0.2, -0.15) is 0 Å². The van der Waals surface area contributed by atoms with Gasteiger partial charge in [0.25, 0.3) is 0 Å². The minimum atomic E-state index is -0.000352. The standard InChI is InChI=1S/C14H21N3OS/c1-9-4-5-12(17(9)3)14(18)16-10(2)13-6-11(7-15)8-19-13/h6-10,12,15H,4-5H2,1-3H3,(H,16,18)/t9?,10-,12?/m1/s1. The molecule has 104 valence electrons. The number of nitrogens with zero attached hydrogens (tertiary/aromatic N) is 1. The summed E-state index contributed by atoms with van der Waals surface area (Å²) in [6.07, 6.45) is 3.35. The Kier molecular flexibility index (Phi) is 4.37. The van der Waals surface area contributed by atoms with Crippen molar-refractivity contribution in [2.24, 2.45) is 0 Å². The SMILES string of the molecule is CC1CCC(C(=O)N[C@H](C)c2cc(C=N)cs2)N1C. The lowest BCUT2D eigenvalue weighted by Crippen LogP contribution is -2.43. The molecule has 1 aliphatic rings. The minimum Gasteiger partial charge on any atom is -0.347 e. The zero-order valence-electron chi connectivity index (χ0n) is 11.6. The normalized spacial score (nSPS) is 25.2. The summed E-state index contributed by atoms with van der Waals surface area (Å²) in [5, 5.41) is 12.2. The second-order valence-electron chi connectivity index (χ2n) is 5.26. The molecule has 4 nitrogen and oxygen atoms in total. The van der Waals surface area contributed by atoms with Gasteiger partial charge in [-0.3, -0.25) is 9.69 Å². The first-order valence-corrected chi connectivity index (χ1v) is 7.52. The Labute approximate surface area is 118 Å². The molecule has 1 aliphatic heterocycles. The van der Waals surface area contributed by atoms with E-state index in [9.17, 15) is 4.79 Å². The molecule has 0 spiro atoms. The summed E-state index contributed by atoms with van der Waals surface area (Å²) in [7, 11) is 2.02. The Morgan fingerprint density at radius 2 is 2.37 bits per heavy atom. The topological polar surface area (TPSA) is 56.2 Å². The van der Waals surface area contributed by atoms with Gasteiger partial charge in [-0.1, -0.05) is 0 Å². The van der Waals surface area contributed by atoms with Crippen LogP contribution in [-0.4, -0.2) is 36.2 Å². The highest BCUT2D eigenvalue weighted by Crippen LogP contribution is 2.24. The number of likely N-dealkylation sites (tertiary alicyclic amines) is 1. The van der Waals surface area contributed by atoms with Gasteiger partial charge in [-0.25, -0.2) is 0 Å². The summed E-state index contributed by atoms with van der Waals surface area (Å²) in [6, 6.07) is 2.45. The van der Waals surface area contributed by atoms with Crippen molar-refractivity contribution in [1.82, 2.24) is 10.2 Å². The molecular weight excluding hydrogens is 258 g/mol. The van der Waals surface area contributed by atoms with Gasteiger partial charge < -0.3 is 10.7 Å². The number of amides is 1. The van der Waals surface area contributed by atoms with Crippen molar-refractivity contribution >= 4 is 23.5 Å². The van der Waals surface area contributed by atoms with E-state index in [2.05, 4.69) is 17.1 Å². The molecule has 5 heteroatoms. The first kappa shape index (κ1) is 14.2. The average molecular weight is 279 g/mol. The second-order valence-corrected chi connectivity index (χ2v) is 6.21. The molecule has 2 unspecified atom stereocenters. The van der Waals surface area contributed by atoms with Crippen molar-refractivity contribution < 1.29 is 4.79 Å². The maximum absolute atomic E-state index is 12.3. The highest BCUT2D eigenvalue weighted by molar-refractivity contribution is 7.10. The quantitative estimate of drug-likeness (QED) is 0.832. The summed E-state index contributed by atoms with van der Waals surface area (Å²) < 4.78 is 0. The van der Waals surface area contributed by atoms with Crippen LogP contribution >= 0.6 is 11.3 Å². The van der Waals surface area contributed by atoms with Gasteiger partial charge in [0, 0.05) is 22.7 Å². The van der Waals surface area contributed by atoms with E-state index in [4.69, 9.17) is 5.41 Å². The van der Waals surface area contributed by atoms with E-state index in [1.54, 1.807) is 11.3 Å². The molecule has 1 aromatic heterocycles. The molecule has 2 rings (SSSR count). The van der Waals surface area contributed by atoms with E-state index >= 15 is 0 Å². The van der Waals surface area contributed by atoms with E-state index in [-0.39, 0.29) is 18.0 Å². The number of thiophene rings is 1. The van der Waals surface area contributed by atoms with Crippen LogP contribution in [0.25, 0.3) is 0 Å². The predicted octanol–water partition coefficient (Wildman–Crippen LogP) is 2.41. The summed E-state index contributed by atoms with van der Waals surface area (Å²) >= 11 is 1.59. The number of carbonyl (C=O) groups excluding carboxylic acids is 1. The van der Waals surface area contributed by atoms with Crippen LogP contribution in [0, 0.1) is 5.41 Å². The Balaban J connectivity index is 1.97. The molecule has 2 N–H and O–H groups in total. The molecular formula is C14H21N3OS. The van der Waals surface area contributed by atoms with Gasteiger partial charge in [0.1, 0.15) is 0 Å². The summed E-state index contributed by atoms with van der Waals surface area (Å²) in [4.78, 5) is 15.5. The lowest BCUT2D eigenvalue weighted by molar-refractivity contribution is -0.126. The van der Waals surface area contributed by atoms with Crippen LogP contribution in [0.3, 0.4) is 0 Å². The van der Waals surface area contributed by atoms with Gasteiger partial charge in [-0.15, -0.1) is 11.3 Å². The van der Waals surface area contributed by atoms with Crippen LogP contribution in [-0.2, 0) is 4.79 Å². The van der Waals surface area contributed by atoms with Gasteiger partial charge in [0.15, 0.2) is 0 Å². The van der Waals surface area contributed by atoms with Crippen LogP contribution in [0.1, 0.15) is 43.2 Å². The van der Waals surface area contributed by atoms with Crippen molar-refractivity contribution in [3.8, 4) is 0 Å². The second kappa shape index (κ2) is 5.84. The van der Waals surface area contributed by atoms with Crippen molar-refractivity contribution in [3.63, 3.8) is 0 Å². The maximum Gasteiger partial charge on any atom is 0.237 e. The fourth-order valence-corrected chi connectivity index (χ4v) is 3.36. The first-order valence-electron chi connectivity index (χ1n) is 6.64. The molecule has 1 fully saturated rings. The summed E-state index contributed by atoms with van der Waals surface area (Å²) in [5.74, 6) is 0.115. The molecule has 0 saturated carbocycles. The third-order valence-electron chi connectivity index (χ3n) is 3.94. The highest BCUT2D eigenvalue weighted by atomic mass is 32.1. The maximum atomic E-state index is 12.3. The van der Waals surface area contributed by atoms with Gasteiger partial charge in [0.05, 0.1) is 12.1 Å². The van der Waals surface area contributed by atoms with Crippen molar-refractivity contribution in [1.29, 1.82) is 5.41 Å². The predicted molar refractivity (Wildman–Crippen MR) is 79.0 cm³/mol. The Morgan fingerprint density at radius 1 is 1.63 bits per heavy atom. The Bertz CT molecular complexity index is 471. The van der Waals surface area contributed by atoms with Crippen LogP contribution in [0.4, 0.5) is 0 Å².